The van der Waals surface area contributed by atoms with Crippen LogP contribution >= 0.6 is 34.9 Å². The molecule has 2 heterocycles. The lowest BCUT2D eigenvalue weighted by Gasteiger charge is -2.23. The summed E-state index contributed by atoms with van der Waals surface area (Å²) < 4.78 is 0.931. The number of carbonyl (C=O) groups excluding carboxylic acids is 1. The summed E-state index contributed by atoms with van der Waals surface area (Å²) in [5.41, 5.74) is 0.916. The van der Waals surface area contributed by atoms with Crippen LogP contribution in [-0.4, -0.2) is 34.2 Å². The highest BCUT2D eigenvalue weighted by Crippen LogP contribution is 2.37. The van der Waals surface area contributed by atoms with Gasteiger partial charge in [-0.05, 0) is 18.6 Å². The fourth-order valence-electron chi connectivity index (χ4n) is 1.91. The molecule has 8 heteroatoms. The van der Waals surface area contributed by atoms with Crippen molar-refractivity contribution in [3.63, 3.8) is 0 Å². The lowest BCUT2D eigenvalue weighted by molar-refractivity contribution is -0.115. The molecule has 0 spiro atoms. The van der Waals surface area contributed by atoms with Crippen molar-refractivity contribution in [1.29, 1.82) is 0 Å². The van der Waals surface area contributed by atoms with Crippen molar-refractivity contribution in [1.82, 2.24) is 10.2 Å². The number of nitrogens with one attached hydrogen (secondary N) is 2. The van der Waals surface area contributed by atoms with Crippen molar-refractivity contribution in [3.05, 3.63) is 24.3 Å². The average Bonchev–Trinajstić information content (AvgIpc) is 2.96. The van der Waals surface area contributed by atoms with Gasteiger partial charge in [-0.2, -0.15) is 0 Å². The summed E-state index contributed by atoms with van der Waals surface area (Å²) in [6, 6.07) is 7.91. The van der Waals surface area contributed by atoms with Gasteiger partial charge in [0, 0.05) is 17.7 Å². The van der Waals surface area contributed by atoms with Crippen LogP contribution < -0.4 is 10.6 Å². The monoisotopic (exact) mass is 338 g/mol. The number of thioether (sulfide) groups is 2. The van der Waals surface area contributed by atoms with E-state index in [1.165, 1.54) is 11.3 Å². The van der Waals surface area contributed by atoms with E-state index in [-0.39, 0.29) is 11.2 Å². The Morgan fingerprint density at radius 2 is 2.24 bits per heavy atom. The van der Waals surface area contributed by atoms with E-state index in [0.717, 1.165) is 32.2 Å². The van der Waals surface area contributed by atoms with E-state index in [2.05, 4.69) is 20.8 Å². The zero-order chi connectivity index (χ0) is 14.7. The highest BCUT2D eigenvalue weighted by atomic mass is 32.2. The Morgan fingerprint density at radius 1 is 1.38 bits per heavy atom. The number of benzene rings is 1. The normalized spacial score (nSPS) is 17.2. The van der Waals surface area contributed by atoms with Crippen molar-refractivity contribution in [2.45, 2.75) is 20.9 Å². The van der Waals surface area contributed by atoms with Crippen LogP contribution in [0, 0.1) is 0 Å². The van der Waals surface area contributed by atoms with E-state index in [1.807, 2.05) is 31.3 Å². The molecule has 0 saturated heterocycles. The van der Waals surface area contributed by atoms with Crippen molar-refractivity contribution in [2.24, 2.45) is 0 Å². The Hall–Kier alpha value is -1.25. The lowest BCUT2D eigenvalue weighted by atomic mass is 10.2. The van der Waals surface area contributed by atoms with Gasteiger partial charge in [0.05, 0.1) is 10.9 Å². The third kappa shape index (κ3) is 3.50. The minimum atomic E-state index is -0.0379. The molecule has 0 radical (unpaired) electrons. The molecule has 0 aliphatic carbocycles. The largest absolute Gasteiger partial charge is 0.363 e. The Labute approximate surface area is 135 Å². The highest BCUT2D eigenvalue weighted by Gasteiger charge is 2.26. The molecule has 0 fully saturated rings. The first-order chi connectivity index (χ1) is 10.3. The van der Waals surface area contributed by atoms with E-state index in [9.17, 15) is 4.79 Å². The third-order valence-corrected chi connectivity index (χ3v) is 6.38. The van der Waals surface area contributed by atoms with Gasteiger partial charge < -0.3 is 10.6 Å². The first kappa shape index (κ1) is 14.7. The predicted octanol–water partition coefficient (Wildman–Crippen LogP) is 3.18. The molecule has 110 valence electrons. The van der Waals surface area contributed by atoms with Crippen LogP contribution in [0.25, 0.3) is 0 Å². The molecule has 1 amide bonds. The van der Waals surface area contributed by atoms with Crippen LogP contribution in [0.2, 0.25) is 0 Å². The molecule has 0 bridgehead atoms. The van der Waals surface area contributed by atoms with E-state index >= 15 is 0 Å². The number of fused-ring (bicyclic) bond motifs is 1. The molecule has 3 rings (SSSR count). The summed E-state index contributed by atoms with van der Waals surface area (Å²) in [5.74, 6) is 0.943. The third-order valence-electron chi connectivity index (χ3n) is 2.93. The van der Waals surface area contributed by atoms with Gasteiger partial charge in [-0.15, -0.1) is 22.0 Å². The second-order valence-electron chi connectivity index (χ2n) is 4.35. The van der Waals surface area contributed by atoms with Gasteiger partial charge in [-0.3, -0.25) is 4.79 Å². The first-order valence-corrected chi connectivity index (χ1v) is 9.15. The van der Waals surface area contributed by atoms with Crippen LogP contribution in [0.15, 0.2) is 33.5 Å². The molecule has 1 atom stereocenters. The second kappa shape index (κ2) is 6.67. The number of nitrogens with zero attached hydrogens (tertiary/aromatic N) is 2. The van der Waals surface area contributed by atoms with Gasteiger partial charge in [0.1, 0.15) is 0 Å². The second-order valence-corrected chi connectivity index (χ2v) is 7.92. The van der Waals surface area contributed by atoms with Crippen LogP contribution in [0.4, 0.5) is 10.8 Å². The van der Waals surface area contributed by atoms with Gasteiger partial charge in [0.2, 0.25) is 11.0 Å². The van der Waals surface area contributed by atoms with E-state index in [0.29, 0.717) is 0 Å². The van der Waals surface area contributed by atoms with Crippen molar-refractivity contribution in [3.8, 4) is 0 Å². The maximum absolute atomic E-state index is 12.1. The van der Waals surface area contributed by atoms with E-state index in [1.54, 1.807) is 23.5 Å². The molecule has 2 N–H and O–H groups in total. The van der Waals surface area contributed by atoms with Gasteiger partial charge >= 0.3 is 0 Å². The van der Waals surface area contributed by atoms with Crippen LogP contribution in [0.3, 0.4) is 0 Å². The van der Waals surface area contributed by atoms with Gasteiger partial charge in [0.15, 0.2) is 4.34 Å². The number of carbonyl (C=O) groups is 1. The van der Waals surface area contributed by atoms with Crippen molar-refractivity contribution >= 4 is 51.6 Å². The van der Waals surface area contributed by atoms with E-state index < -0.39 is 0 Å². The number of hydrogen-bond donors (Lipinski definition) is 2. The number of aromatic nitrogens is 2. The summed E-state index contributed by atoms with van der Waals surface area (Å²) in [6.07, 6.45) is 0.809. The molecule has 5 nitrogen and oxygen atoms in total. The Kier molecular flexibility index (Phi) is 4.67. The number of para-hydroxylation sites is 1. The number of hydrogen-bond acceptors (Lipinski definition) is 7. The Bertz CT molecular complexity index is 646. The lowest BCUT2D eigenvalue weighted by Crippen LogP contribution is -2.29. The molecule has 2 aromatic rings. The Balaban J connectivity index is 1.55. The van der Waals surface area contributed by atoms with Crippen LogP contribution in [-0.2, 0) is 4.79 Å². The molecule has 0 unspecified atom stereocenters. The molecule has 1 aliphatic heterocycles. The zero-order valence-corrected chi connectivity index (χ0v) is 13.8. The minimum Gasteiger partial charge on any atom is -0.363 e. The quantitative estimate of drug-likeness (QED) is 0.816. The molecule has 1 aromatic heterocycles. The van der Waals surface area contributed by atoms with Crippen LogP contribution in [0.5, 0.6) is 0 Å². The molecular weight excluding hydrogens is 324 g/mol. The molecule has 0 saturated carbocycles. The average molecular weight is 338 g/mol. The minimum absolute atomic E-state index is 0.0379. The van der Waals surface area contributed by atoms with Crippen LogP contribution in [0.1, 0.15) is 6.42 Å². The first-order valence-electron chi connectivity index (χ1n) is 6.47. The van der Waals surface area contributed by atoms with Gasteiger partial charge in [0.25, 0.3) is 0 Å². The highest BCUT2D eigenvalue weighted by molar-refractivity contribution is 8.01. The topological polar surface area (TPSA) is 66.9 Å². The summed E-state index contributed by atoms with van der Waals surface area (Å²) >= 11 is 4.82. The SMILES string of the molecule is CNc1nnc(SCC[C@H]2Sc3ccccc3NC2=O)s1. The molecule has 1 aromatic carbocycles. The molecule has 21 heavy (non-hydrogen) atoms. The number of rotatable bonds is 5. The van der Waals surface area contributed by atoms with Crippen molar-refractivity contribution < 1.29 is 4.79 Å². The number of anilines is 2. The zero-order valence-electron chi connectivity index (χ0n) is 11.3. The molecule has 1 aliphatic rings. The summed E-state index contributed by atoms with van der Waals surface area (Å²) in [7, 11) is 1.83. The van der Waals surface area contributed by atoms with Gasteiger partial charge in [-0.1, -0.05) is 35.2 Å². The summed E-state index contributed by atoms with van der Waals surface area (Å²) in [4.78, 5) is 13.2. The van der Waals surface area contributed by atoms with Gasteiger partial charge in [-0.25, -0.2) is 0 Å². The number of amides is 1. The maximum atomic E-state index is 12.1. The predicted molar refractivity (Wildman–Crippen MR) is 89.5 cm³/mol. The maximum Gasteiger partial charge on any atom is 0.237 e. The summed E-state index contributed by atoms with van der Waals surface area (Å²) in [5, 5.41) is 14.8. The fraction of sp³-hybridized carbons (Fsp3) is 0.308. The smallest absolute Gasteiger partial charge is 0.237 e. The van der Waals surface area contributed by atoms with Crippen molar-refractivity contribution in [2.75, 3.05) is 23.4 Å². The standard InChI is InChI=1S/C13H14N4OS3/c1-14-12-16-17-13(21-12)19-7-6-10-11(18)15-8-4-2-3-5-9(8)20-10/h2-5,10H,6-7H2,1H3,(H,14,16)(H,15,18)/t10-/m1/s1. The van der Waals surface area contributed by atoms with E-state index in [4.69, 9.17) is 0 Å². The summed E-state index contributed by atoms with van der Waals surface area (Å²) in [6.45, 7) is 0. The molecular formula is C13H14N4OS3. The Morgan fingerprint density at radius 3 is 3.05 bits per heavy atom. The fourth-order valence-corrected chi connectivity index (χ4v) is 4.95.